The zero-order valence-corrected chi connectivity index (χ0v) is 25.7. The standard InChI is InChI=1S/C29H32ClFN4O3SSi/c1-29(2,3)40(20-12-8-6-9-13-20,21-14-10-7-11-15-21)38-17-16-19-18-37-27-22-24(23(31)25(30)33-27)32-28(39(5)36)34-26(22)35(19)4/h6-15,19H,16-18H2,1-5H3/t19-,39?/m0/s1. The first-order valence-electron chi connectivity index (χ1n) is 13.1. The highest BCUT2D eigenvalue weighted by Gasteiger charge is 2.50. The number of hydrogen-bond acceptors (Lipinski definition) is 7. The SMILES string of the molecule is CN1c2nc(S(C)=O)nc3c(F)c(Cl)nc(c23)OC[C@@H]1CCO[Si](c1ccccc1)(c1ccccc1)C(C)(C)C. The van der Waals surface area contributed by atoms with Gasteiger partial charge in [-0.2, -0.15) is 4.98 Å². The Morgan fingerprint density at radius 1 is 1.07 bits per heavy atom. The predicted octanol–water partition coefficient (Wildman–Crippen LogP) is 4.72. The Hall–Kier alpha value is -2.92. The first kappa shape index (κ1) is 28.6. The fourth-order valence-electron chi connectivity index (χ4n) is 5.41. The molecule has 0 fully saturated rings. The minimum absolute atomic E-state index is 0.0191. The lowest BCUT2D eigenvalue weighted by molar-refractivity contribution is 0.234. The molecule has 2 aromatic heterocycles. The highest BCUT2D eigenvalue weighted by Crippen LogP contribution is 2.39. The molecular formula is C29H32ClFN4O3SSi. The molecule has 0 saturated heterocycles. The van der Waals surface area contributed by atoms with Crippen molar-refractivity contribution < 1.29 is 17.8 Å². The monoisotopic (exact) mass is 598 g/mol. The van der Waals surface area contributed by atoms with Crippen LogP contribution in [0.15, 0.2) is 65.8 Å². The van der Waals surface area contributed by atoms with Crippen molar-refractivity contribution in [3.8, 4) is 5.88 Å². The fourth-order valence-corrected chi connectivity index (χ4v) is 10.6. The quantitative estimate of drug-likeness (QED) is 0.173. The van der Waals surface area contributed by atoms with Gasteiger partial charge in [0.15, 0.2) is 11.0 Å². The summed E-state index contributed by atoms with van der Waals surface area (Å²) in [6.07, 6.45) is 2.05. The Labute approximate surface area is 242 Å². The molecule has 0 N–H and O–H groups in total. The summed E-state index contributed by atoms with van der Waals surface area (Å²) in [5.74, 6) is -0.227. The van der Waals surface area contributed by atoms with E-state index in [1.165, 1.54) is 16.6 Å². The van der Waals surface area contributed by atoms with Crippen LogP contribution in [-0.4, -0.2) is 60.0 Å². The van der Waals surface area contributed by atoms with E-state index < -0.39 is 24.9 Å². The van der Waals surface area contributed by atoms with Crippen LogP contribution in [0.5, 0.6) is 5.88 Å². The van der Waals surface area contributed by atoms with Crippen LogP contribution >= 0.6 is 11.6 Å². The number of benzene rings is 2. The Morgan fingerprint density at radius 3 is 2.23 bits per heavy atom. The first-order chi connectivity index (χ1) is 19.0. The van der Waals surface area contributed by atoms with Crippen molar-refractivity contribution in [1.29, 1.82) is 0 Å². The van der Waals surface area contributed by atoms with E-state index in [2.05, 4.69) is 84.3 Å². The summed E-state index contributed by atoms with van der Waals surface area (Å²) in [7, 11) is -2.40. The molecule has 2 aromatic carbocycles. The number of rotatable bonds is 7. The van der Waals surface area contributed by atoms with Crippen molar-refractivity contribution in [2.24, 2.45) is 0 Å². The van der Waals surface area contributed by atoms with Gasteiger partial charge in [-0.1, -0.05) is 93.0 Å². The molecule has 11 heteroatoms. The number of aromatic nitrogens is 3. The van der Waals surface area contributed by atoms with Gasteiger partial charge in [0.25, 0.3) is 8.32 Å². The highest BCUT2D eigenvalue weighted by molar-refractivity contribution is 7.84. The van der Waals surface area contributed by atoms with Crippen LogP contribution < -0.4 is 20.0 Å². The third kappa shape index (κ3) is 5.02. The molecule has 0 saturated carbocycles. The topological polar surface area (TPSA) is 77.4 Å². The average Bonchev–Trinajstić information content (AvgIpc) is 3.06. The second kappa shape index (κ2) is 11.2. The van der Waals surface area contributed by atoms with Crippen LogP contribution in [0, 0.1) is 5.82 Å². The van der Waals surface area contributed by atoms with Crippen LogP contribution in [0.3, 0.4) is 0 Å². The van der Waals surface area contributed by atoms with E-state index >= 15 is 4.39 Å². The van der Waals surface area contributed by atoms with Crippen molar-refractivity contribution in [3.63, 3.8) is 0 Å². The Morgan fingerprint density at radius 2 is 1.68 bits per heavy atom. The average molecular weight is 599 g/mol. The van der Waals surface area contributed by atoms with Gasteiger partial charge in [0.2, 0.25) is 11.0 Å². The van der Waals surface area contributed by atoms with Crippen LogP contribution in [0.25, 0.3) is 10.9 Å². The molecular weight excluding hydrogens is 567 g/mol. The summed E-state index contributed by atoms with van der Waals surface area (Å²) < 4.78 is 40.5. The van der Waals surface area contributed by atoms with Crippen molar-refractivity contribution in [2.75, 3.05) is 31.4 Å². The lowest BCUT2D eigenvalue weighted by atomic mass is 10.2. The third-order valence-corrected chi connectivity index (χ3v) is 13.4. The van der Waals surface area contributed by atoms with Gasteiger partial charge in [0.05, 0.1) is 16.8 Å². The zero-order valence-electron chi connectivity index (χ0n) is 23.1. The lowest BCUT2D eigenvalue weighted by Gasteiger charge is -2.43. The molecule has 1 unspecified atom stereocenters. The van der Waals surface area contributed by atoms with Gasteiger partial charge in [-0.05, 0) is 21.8 Å². The van der Waals surface area contributed by atoms with Crippen LogP contribution in [-0.2, 0) is 15.2 Å². The molecule has 0 radical (unpaired) electrons. The van der Waals surface area contributed by atoms with E-state index in [4.69, 9.17) is 20.8 Å². The number of likely N-dealkylation sites (N-methyl/N-ethyl adjacent to an activating group) is 1. The molecule has 0 bridgehead atoms. The second-order valence-electron chi connectivity index (χ2n) is 10.9. The van der Waals surface area contributed by atoms with E-state index in [1.807, 2.05) is 24.1 Å². The molecule has 1 aliphatic heterocycles. The molecule has 210 valence electrons. The van der Waals surface area contributed by atoms with Gasteiger partial charge >= 0.3 is 0 Å². The molecule has 2 atom stereocenters. The van der Waals surface area contributed by atoms with E-state index in [9.17, 15) is 4.21 Å². The number of nitrogens with zero attached hydrogens (tertiary/aromatic N) is 4. The van der Waals surface area contributed by atoms with E-state index in [0.29, 0.717) is 24.2 Å². The van der Waals surface area contributed by atoms with Gasteiger partial charge in [-0.15, -0.1) is 0 Å². The Bertz CT molecular complexity index is 1520. The Balaban J connectivity index is 1.50. The summed E-state index contributed by atoms with van der Waals surface area (Å²) >= 11 is 6.07. The smallest absolute Gasteiger partial charge is 0.261 e. The summed E-state index contributed by atoms with van der Waals surface area (Å²) in [6, 6.07) is 20.8. The lowest BCUT2D eigenvalue weighted by Crippen LogP contribution is -2.66. The molecule has 1 aliphatic rings. The predicted molar refractivity (Wildman–Crippen MR) is 161 cm³/mol. The van der Waals surface area contributed by atoms with Crippen LogP contribution in [0.2, 0.25) is 10.2 Å². The normalized spacial score (nSPS) is 16.5. The van der Waals surface area contributed by atoms with E-state index in [1.54, 1.807) is 0 Å². The first-order valence-corrected chi connectivity index (χ1v) is 16.9. The molecule has 4 aromatic rings. The molecule has 3 heterocycles. The minimum Gasteiger partial charge on any atom is -0.475 e. The van der Waals surface area contributed by atoms with Crippen LogP contribution in [0.1, 0.15) is 27.2 Å². The van der Waals surface area contributed by atoms with Gasteiger partial charge < -0.3 is 14.1 Å². The number of halogens is 2. The zero-order chi connectivity index (χ0) is 28.7. The second-order valence-corrected chi connectivity index (χ2v) is 16.8. The molecule has 5 rings (SSSR count). The molecule has 0 amide bonds. The maximum atomic E-state index is 15.0. The maximum Gasteiger partial charge on any atom is 0.261 e. The highest BCUT2D eigenvalue weighted by atomic mass is 35.5. The van der Waals surface area contributed by atoms with Gasteiger partial charge in [-0.3, -0.25) is 4.21 Å². The number of ether oxygens (including phenoxy) is 1. The van der Waals surface area contributed by atoms with Crippen molar-refractivity contribution in [3.05, 3.63) is 71.6 Å². The van der Waals surface area contributed by atoms with Crippen molar-refractivity contribution in [2.45, 2.75) is 43.4 Å². The minimum atomic E-state index is -2.72. The Kier molecular flexibility index (Phi) is 7.98. The number of anilines is 1. The van der Waals surface area contributed by atoms with Gasteiger partial charge in [0.1, 0.15) is 23.3 Å². The fraction of sp³-hybridized carbons (Fsp3) is 0.345. The number of hydrogen-bond donors (Lipinski definition) is 0. The molecule has 0 aliphatic carbocycles. The van der Waals surface area contributed by atoms with E-state index in [-0.39, 0.29) is 39.4 Å². The molecule has 40 heavy (non-hydrogen) atoms. The summed E-state index contributed by atoms with van der Waals surface area (Å²) in [5, 5.41) is 2.23. The third-order valence-electron chi connectivity index (χ3n) is 7.41. The summed E-state index contributed by atoms with van der Waals surface area (Å²) in [6.45, 7) is 7.43. The summed E-state index contributed by atoms with van der Waals surface area (Å²) in [4.78, 5) is 14.8. The summed E-state index contributed by atoms with van der Waals surface area (Å²) in [5.41, 5.74) is -0.0544. The van der Waals surface area contributed by atoms with Crippen molar-refractivity contribution in [1.82, 2.24) is 15.0 Å². The van der Waals surface area contributed by atoms with Gasteiger partial charge in [-0.25, -0.2) is 14.4 Å². The van der Waals surface area contributed by atoms with E-state index in [0.717, 1.165) is 0 Å². The molecule has 7 nitrogen and oxygen atoms in total. The van der Waals surface area contributed by atoms with Crippen molar-refractivity contribution >= 4 is 57.8 Å². The maximum absolute atomic E-state index is 15.0. The largest absolute Gasteiger partial charge is 0.475 e. The number of pyridine rings is 1. The van der Waals surface area contributed by atoms with Crippen LogP contribution in [0.4, 0.5) is 10.2 Å². The van der Waals surface area contributed by atoms with Gasteiger partial charge in [0, 0.05) is 19.9 Å². The molecule has 0 spiro atoms.